The Hall–Kier alpha value is -2.73. The van der Waals surface area contributed by atoms with E-state index >= 15 is 0 Å². The van der Waals surface area contributed by atoms with Crippen LogP contribution in [0.2, 0.25) is 0 Å². The summed E-state index contributed by atoms with van der Waals surface area (Å²) in [5.74, 6) is -0.357. The molecule has 3 rings (SSSR count). The lowest BCUT2D eigenvalue weighted by Gasteiger charge is -2.32. The van der Waals surface area contributed by atoms with Crippen LogP contribution in [-0.4, -0.2) is 55.3 Å². The van der Waals surface area contributed by atoms with Crippen molar-refractivity contribution < 1.29 is 14.0 Å². The van der Waals surface area contributed by atoms with Gasteiger partial charge in [-0.2, -0.15) is 0 Å². The third-order valence-corrected chi connectivity index (χ3v) is 5.85. The number of likely N-dealkylation sites (tertiary alicyclic amines) is 1. The van der Waals surface area contributed by atoms with Crippen LogP contribution in [0.15, 0.2) is 48.5 Å². The zero-order chi connectivity index (χ0) is 21.7. The second kappa shape index (κ2) is 9.85. The summed E-state index contributed by atoms with van der Waals surface area (Å²) in [6.45, 7) is 3.50. The van der Waals surface area contributed by atoms with Crippen molar-refractivity contribution in [2.75, 3.05) is 33.7 Å². The van der Waals surface area contributed by atoms with Crippen molar-refractivity contribution in [2.24, 2.45) is 5.92 Å². The van der Waals surface area contributed by atoms with Gasteiger partial charge in [0.15, 0.2) is 0 Å². The van der Waals surface area contributed by atoms with Crippen molar-refractivity contribution in [3.8, 4) is 0 Å². The van der Waals surface area contributed by atoms with Crippen molar-refractivity contribution >= 4 is 11.8 Å². The second-order valence-electron chi connectivity index (χ2n) is 8.16. The van der Waals surface area contributed by atoms with Crippen LogP contribution in [0.5, 0.6) is 0 Å². The summed E-state index contributed by atoms with van der Waals surface area (Å²) in [6, 6.07) is 14.0. The molecule has 1 saturated heterocycles. The normalized spacial score (nSPS) is 15.8. The second-order valence-corrected chi connectivity index (χ2v) is 8.16. The minimum Gasteiger partial charge on any atom is -0.354 e. The molecule has 0 aliphatic carbocycles. The van der Waals surface area contributed by atoms with Crippen molar-refractivity contribution in [1.29, 1.82) is 0 Å². The quantitative estimate of drug-likeness (QED) is 0.793. The molecule has 1 aliphatic heterocycles. The largest absolute Gasteiger partial charge is 0.354 e. The third kappa shape index (κ3) is 5.25. The number of nitrogens with one attached hydrogen (secondary N) is 1. The zero-order valence-corrected chi connectivity index (χ0v) is 17.9. The number of likely N-dealkylation sites (N-methyl/N-ethyl adjacent to an activating group) is 1. The van der Waals surface area contributed by atoms with Crippen LogP contribution in [0, 0.1) is 18.7 Å². The molecule has 1 fully saturated rings. The van der Waals surface area contributed by atoms with Gasteiger partial charge in [0.25, 0.3) is 5.91 Å². The molecule has 0 bridgehead atoms. The first-order valence-corrected chi connectivity index (χ1v) is 10.4. The molecule has 2 aromatic rings. The van der Waals surface area contributed by atoms with E-state index in [1.807, 2.05) is 61.2 Å². The Labute approximate surface area is 177 Å². The molecule has 2 amide bonds. The minimum absolute atomic E-state index is 0.00115. The summed E-state index contributed by atoms with van der Waals surface area (Å²) in [7, 11) is 3.83. The summed E-state index contributed by atoms with van der Waals surface area (Å²) >= 11 is 0. The lowest BCUT2D eigenvalue weighted by Crippen LogP contribution is -2.44. The van der Waals surface area contributed by atoms with Crippen LogP contribution >= 0.6 is 0 Å². The van der Waals surface area contributed by atoms with Gasteiger partial charge in [-0.05, 0) is 63.2 Å². The Morgan fingerprint density at radius 3 is 2.47 bits per heavy atom. The van der Waals surface area contributed by atoms with E-state index in [0.29, 0.717) is 32.5 Å². The molecule has 0 aromatic heterocycles. The molecule has 30 heavy (non-hydrogen) atoms. The molecule has 0 saturated carbocycles. The predicted octanol–water partition coefficient (Wildman–Crippen LogP) is 3.41. The summed E-state index contributed by atoms with van der Waals surface area (Å²) in [4.78, 5) is 29.3. The lowest BCUT2D eigenvalue weighted by molar-refractivity contribution is -0.126. The van der Waals surface area contributed by atoms with Crippen LogP contribution in [-0.2, 0) is 4.79 Å². The highest BCUT2D eigenvalue weighted by Crippen LogP contribution is 2.22. The van der Waals surface area contributed by atoms with Gasteiger partial charge >= 0.3 is 0 Å². The number of nitrogens with zero attached hydrogens (tertiary/aromatic N) is 2. The minimum atomic E-state index is -0.281. The van der Waals surface area contributed by atoms with E-state index in [1.54, 1.807) is 6.07 Å². The van der Waals surface area contributed by atoms with Gasteiger partial charge < -0.3 is 15.1 Å². The number of aryl methyl sites for hydroxylation is 1. The van der Waals surface area contributed by atoms with Crippen molar-refractivity contribution in [2.45, 2.75) is 25.8 Å². The molecular formula is C24H30FN3O2. The Bertz CT molecular complexity index is 892. The van der Waals surface area contributed by atoms with E-state index in [1.165, 1.54) is 12.1 Å². The summed E-state index contributed by atoms with van der Waals surface area (Å²) in [5.41, 5.74) is 2.53. The number of hydrogen-bond acceptors (Lipinski definition) is 3. The maximum Gasteiger partial charge on any atom is 0.254 e. The highest BCUT2D eigenvalue weighted by Gasteiger charge is 2.28. The van der Waals surface area contributed by atoms with E-state index in [9.17, 15) is 14.0 Å². The highest BCUT2D eigenvalue weighted by molar-refractivity contribution is 5.95. The monoisotopic (exact) mass is 411 g/mol. The number of piperidine rings is 1. The molecule has 1 N–H and O–H groups in total. The van der Waals surface area contributed by atoms with Gasteiger partial charge in [0, 0.05) is 31.1 Å². The summed E-state index contributed by atoms with van der Waals surface area (Å²) in [6.07, 6.45) is 1.30. The fourth-order valence-electron chi connectivity index (χ4n) is 3.98. The predicted molar refractivity (Wildman–Crippen MR) is 116 cm³/mol. The topological polar surface area (TPSA) is 52.7 Å². The number of halogens is 1. The molecule has 160 valence electrons. The number of rotatable bonds is 6. The Morgan fingerprint density at radius 2 is 1.83 bits per heavy atom. The molecule has 0 spiro atoms. The van der Waals surface area contributed by atoms with Crippen molar-refractivity contribution in [3.05, 3.63) is 71.0 Å². The molecule has 1 atom stereocenters. The zero-order valence-electron chi connectivity index (χ0n) is 17.9. The highest BCUT2D eigenvalue weighted by atomic mass is 19.1. The average Bonchev–Trinajstić information content (AvgIpc) is 2.73. The molecule has 1 aliphatic rings. The first-order chi connectivity index (χ1) is 14.4. The third-order valence-electron chi connectivity index (χ3n) is 5.85. The smallest absolute Gasteiger partial charge is 0.254 e. The fourth-order valence-corrected chi connectivity index (χ4v) is 3.98. The molecule has 2 aromatic carbocycles. The maximum absolute atomic E-state index is 13.6. The standard InChI is InChI=1S/C24H30FN3O2/c1-17-7-4-5-10-21(17)24(30)28-13-11-18(12-14-28)23(29)26-16-22(27(2)3)19-8-6-9-20(25)15-19/h4-10,15,18,22H,11-14,16H2,1-3H3,(H,26,29). The number of benzene rings is 2. The molecule has 1 heterocycles. The van der Waals surface area contributed by atoms with Gasteiger partial charge in [0.2, 0.25) is 5.91 Å². The Morgan fingerprint density at radius 1 is 1.13 bits per heavy atom. The van der Waals surface area contributed by atoms with Crippen molar-refractivity contribution in [3.63, 3.8) is 0 Å². The van der Waals surface area contributed by atoms with E-state index in [0.717, 1.165) is 16.7 Å². The van der Waals surface area contributed by atoms with E-state index in [-0.39, 0.29) is 29.6 Å². The molecular weight excluding hydrogens is 381 g/mol. The van der Waals surface area contributed by atoms with E-state index in [4.69, 9.17) is 0 Å². The first kappa shape index (κ1) is 22.0. The van der Waals surface area contributed by atoms with Crippen LogP contribution < -0.4 is 5.32 Å². The van der Waals surface area contributed by atoms with Crippen LogP contribution in [0.25, 0.3) is 0 Å². The molecule has 5 nitrogen and oxygen atoms in total. The van der Waals surface area contributed by atoms with Gasteiger partial charge in [-0.15, -0.1) is 0 Å². The molecule has 1 unspecified atom stereocenters. The summed E-state index contributed by atoms with van der Waals surface area (Å²) < 4.78 is 13.6. The molecule has 6 heteroatoms. The lowest BCUT2D eigenvalue weighted by atomic mass is 9.94. The van der Waals surface area contributed by atoms with E-state index < -0.39 is 0 Å². The van der Waals surface area contributed by atoms with E-state index in [2.05, 4.69) is 5.32 Å². The number of carbonyl (C=O) groups is 2. The van der Waals surface area contributed by atoms with Crippen LogP contribution in [0.1, 0.15) is 40.4 Å². The Kier molecular flexibility index (Phi) is 7.21. The van der Waals surface area contributed by atoms with Crippen LogP contribution in [0.3, 0.4) is 0 Å². The average molecular weight is 412 g/mol. The number of carbonyl (C=O) groups excluding carboxylic acids is 2. The van der Waals surface area contributed by atoms with Gasteiger partial charge in [-0.25, -0.2) is 4.39 Å². The van der Waals surface area contributed by atoms with Gasteiger partial charge in [0.1, 0.15) is 5.82 Å². The summed E-state index contributed by atoms with van der Waals surface area (Å²) in [5, 5.41) is 3.03. The van der Waals surface area contributed by atoms with Gasteiger partial charge in [-0.1, -0.05) is 30.3 Å². The molecule has 0 radical (unpaired) electrons. The van der Waals surface area contributed by atoms with Gasteiger partial charge in [-0.3, -0.25) is 9.59 Å². The first-order valence-electron chi connectivity index (χ1n) is 10.4. The number of hydrogen-bond donors (Lipinski definition) is 1. The van der Waals surface area contributed by atoms with Crippen LogP contribution in [0.4, 0.5) is 4.39 Å². The van der Waals surface area contributed by atoms with Crippen molar-refractivity contribution in [1.82, 2.24) is 15.1 Å². The SMILES string of the molecule is Cc1ccccc1C(=O)N1CCC(C(=O)NCC(c2cccc(F)c2)N(C)C)CC1. The Balaban J connectivity index is 1.53. The maximum atomic E-state index is 13.6. The van der Waals surface area contributed by atoms with Gasteiger partial charge in [0.05, 0.1) is 6.04 Å². The fraction of sp³-hybridized carbons (Fsp3) is 0.417. The number of amides is 2.